The Kier molecular flexibility index (Phi) is 4.97. The number of aromatic nitrogens is 2. The van der Waals surface area contributed by atoms with E-state index in [1.807, 2.05) is 18.2 Å². The number of carbonyl (C=O) groups excluding carboxylic acids is 1. The third-order valence-corrected chi connectivity index (χ3v) is 3.95. The van der Waals surface area contributed by atoms with Gasteiger partial charge < -0.3 is 10.1 Å². The molecule has 26 heavy (non-hydrogen) atoms. The molecule has 0 radical (unpaired) electrons. The molecule has 0 bridgehead atoms. The molecule has 0 saturated heterocycles. The molecule has 0 aliphatic carbocycles. The van der Waals surface area contributed by atoms with Gasteiger partial charge in [0.15, 0.2) is 5.69 Å². The monoisotopic (exact) mass is 357 g/mol. The zero-order chi connectivity index (χ0) is 18.7. The van der Waals surface area contributed by atoms with E-state index in [0.29, 0.717) is 11.4 Å². The summed E-state index contributed by atoms with van der Waals surface area (Å²) in [5.74, 6) is -0.911. The standard InChI is InChI=1S/C19H17F2N3O2/c1-24-17(14-9-13(20)7-8-15(14)21)10-16(23-24)19(25)22-11-12-5-3-4-6-18(12)26-2/h3-10H,11H2,1-2H3,(H,22,25). The number of amides is 1. The number of hydrogen-bond acceptors (Lipinski definition) is 3. The maximum atomic E-state index is 14.0. The maximum absolute atomic E-state index is 14.0. The number of ether oxygens (including phenoxy) is 1. The average Bonchev–Trinajstić information content (AvgIpc) is 3.03. The van der Waals surface area contributed by atoms with E-state index in [1.165, 1.54) is 10.7 Å². The predicted molar refractivity (Wildman–Crippen MR) is 92.7 cm³/mol. The van der Waals surface area contributed by atoms with Crippen LogP contribution >= 0.6 is 0 Å². The Labute approximate surface area is 149 Å². The van der Waals surface area contributed by atoms with E-state index in [1.54, 1.807) is 20.2 Å². The fraction of sp³-hybridized carbons (Fsp3) is 0.158. The van der Waals surface area contributed by atoms with Crippen LogP contribution < -0.4 is 10.1 Å². The Bertz CT molecular complexity index is 954. The van der Waals surface area contributed by atoms with E-state index in [-0.39, 0.29) is 17.8 Å². The smallest absolute Gasteiger partial charge is 0.272 e. The largest absolute Gasteiger partial charge is 0.496 e. The van der Waals surface area contributed by atoms with Crippen LogP contribution in [0, 0.1) is 11.6 Å². The number of benzene rings is 2. The molecule has 5 nitrogen and oxygen atoms in total. The van der Waals surface area contributed by atoms with Crippen LogP contribution in [0.1, 0.15) is 16.1 Å². The lowest BCUT2D eigenvalue weighted by Crippen LogP contribution is -2.23. The number of halogens is 2. The molecule has 0 atom stereocenters. The molecule has 0 unspecified atom stereocenters. The fourth-order valence-electron chi connectivity index (χ4n) is 2.64. The van der Waals surface area contributed by atoms with Gasteiger partial charge in [0.25, 0.3) is 5.91 Å². The van der Waals surface area contributed by atoms with Crippen LogP contribution in [-0.4, -0.2) is 22.8 Å². The molecule has 1 heterocycles. The van der Waals surface area contributed by atoms with Crippen molar-refractivity contribution in [1.82, 2.24) is 15.1 Å². The lowest BCUT2D eigenvalue weighted by atomic mass is 10.1. The van der Waals surface area contributed by atoms with Gasteiger partial charge in [-0.3, -0.25) is 9.48 Å². The topological polar surface area (TPSA) is 56.1 Å². The fourth-order valence-corrected chi connectivity index (χ4v) is 2.64. The van der Waals surface area contributed by atoms with Gasteiger partial charge in [0.2, 0.25) is 0 Å². The molecule has 1 amide bonds. The zero-order valence-corrected chi connectivity index (χ0v) is 14.3. The molecule has 1 aromatic heterocycles. The van der Waals surface area contributed by atoms with Crippen molar-refractivity contribution < 1.29 is 18.3 Å². The zero-order valence-electron chi connectivity index (χ0n) is 14.3. The summed E-state index contributed by atoms with van der Waals surface area (Å²) in [6.45, 7) is 0.253. The van der Waals surface area contributed by atoms with Crippen LogP contribution in [0.2, 0.25) is 0 Å². The van der Waals surface area contributed by atoms with E-state index in [0.717, 1.165) is 23.8 Å². The van der Waals surface area contributed by atoms with Crippen LogP contribution in [0.3, 0.4) is 0 Å². The van der Waals surface area contributed by atoms with Gasteiger partial charge in [0, 0.05) is 24.7 Å². The van der Waals surface area contributed by atoms with E-state index < -0.39 is 17.5 Å². The summed E-state index contributed by atoms with van der Waals surface area (Å²) >= 11 is 0. The van der Waals surface area contributed by atoms with Gasteiger partial charge in [-0.15, -0.1) is 0 Å². The molecule has 134 valence electrons. The Hall–Kier alpha value is -3.22. The van der Waals surface area contributed by atoms with Crippen LogP contribution in [0.5, 0.6) is 5.75 Å². The highest BCUT2D eigenvalue weighted by Crippen LogP contribution is 2.24. The highest BCUT2D eigenvalue weighted by molar-refractivity contribution is 5.93. The maximum Gasteiger partial charge on any atom is 0.272 e. The molecule has 0 aliphatic heterocycles. The van der Waals surface area contributed by atoms with Crippen LogP contribution in [0.15, 0.2) is 48.5 Å². The van der Waals surface area contributed by atoms with Crippen LogP contribution in [0.4, 0.5) is 8.78 Å². The summed E-state index contributed by atoms with van der Waals surface area (Å²) in [4.78, 5) is 12.4. The molecule has 1 N–H and O–H groups in total. The lowest BCUT2D eigenvalue weighted by molar-refractivity contribution is 0.0945. The third-order valence-electron chi connectivity index (χ3n) is 3.95. The lowest BCUT2D eigenvalue weighted by Gasteiger charge is -2.08. The summed E-state index contributed by atoms with van der Waals surface area (Å²) in [5.41, 5.74) is 1.28. The molecule has 3 aromatic rings. The number of hydrogen-bond donors (Lipinski definition) is 1. The van der Waals surface area contributed by atoms with Gasteiger partial charge in [-0.05, 0) is 30.3 Å². The first-order chi connectivity index (χ1) is 12.5. The van der Waals surface area contributed by atoms with Gasteiger partial charge in [0.05, 0.1) is 12.8 Å². The van der Waals surface area contributed by atoms with Gasteiger partial charge in [-0.1, -0.05) is 18.2 Å². The second kappa shape index (κ2) is 7.35. The van der Waals surface area contributed by atoms with Crippen molar-refractivity contribution in [2.24, 2.45) is 7.05 Å². The van der Waals surface area contributed by atoms with Crippen LogP contribution in [-0.2, 0) is 13.6 Å². The summed E-state index contributed by atoms with van der Waals surface area (Å²) < 4.78 is 34.0. The minimum Gasteiger partial charge on any atom is -0.496 e. The van der Waals surface area contributed by atoms with Crippen molar-refractivity contribution in [2.45, 2.75) is 6.54 Å². The normalized spacial score (nSPS) is 10.6. The van der Waals surface area contributed by atoms with Crippen molar-refractivity contribution in [3.63, 3.8) is 0 Å². The molecule has 3 rings (SSSR count). The number of rotatable bonds is 5. The Morgan fingerprint density at radius 2 is 1.96 bits per heavy atom. The molecule has 2 aromatic carbocycles. The van der Waals surface area contributed by atoms with E-state index >= 15 is 0 Å². The summed E-state index contributed by atoms with van der Waals surface area (Å²) in [6, 6.07) is 11.9. The predicted octanol–water partition coefficient (Wildman–Crippen LogP) is 3.30. The van der Waals surface area contributed by atoms with Crippen molar-refractivity contribution in [3.05, 3.63) is 71.4 Å². The number of nitrogens with zero attached hydrogens (tertiary/aromatic N) is 2. The molecule has 7 heteroatoms. The van der Waals surface area contributed by atoms with Crippen molar-refractivity contribution in [1.29, 1.82) is 0 Å². The highest BCUT2D eigenvalue weighted by Gasteiger charge is 2.17. The van der Waals surface area contributed by atoms with E-state index in [2.05, 4.69) is 10.4 Å². The highest BCUT2D eigenvalue weighted by atomic mass is 19.1. The molecule has 0 fully saturated rings. The number of carbonyl (C=O) groups is 1. The van der Waals surface area contributed by atoms with Gasteiger partial charge in [-0.25, -0.2) is 8.78 Å². The second-order valence-corrected chi connectivity index (χ2v) is 5.66. The first kappa shape index (κ1) is 17.6. The number of nitrogens with one attached hydrogen (secondary N) is 1. The minimum absolute atomic E-state index is 0.0452. The molecular weight excluding hydrogens is 340 g/mol. The Morgan fingerprint density at radius 1 is 1.19 bits per heavy atom. The number of aryl methyl sites for hydroxylation is 1. The minimum atomic E-state index is -0.588. The summed E-state index contributed by atoms with van der Waals surface area (Å²) in [6.07, 6.45) is 0. The third kappa shape index (κ3) is 3.56. The van der Waals surface area contributed by atoms with Gasteiger partial charge >= 0.3 is 0 Å². The Balaban J connectivity index is 1.80. The quantitative estimate of drug-likeness (QED) is 0.762. The summed E-state index contributed by atoms with van der Waals surface area (Å²) in [7, 11) is 3.12. The Morgan fingerprint density at radius 3 is 2.73 bits per heavy atom. The SMILES string of the molecule is COc1ccccc1CNC(=O)c1cc(-c2cc(F)ccc2F)n(C)n1. The molecular formula is C19H17F2N3O2. The van der Waals surface area contributed by atoms with Gasteiger partial charge in [-0.2, -0.15) is 5.10 Å². The molecule has 0 saturated carbocycles. The average molecular weight is 357 g/mol. The molecule has 0 aliphatic rings. The van der Waals surface area contributed by atoms with E-state index in [4.69, 9.17) is 4.74 Å². The number of methoxy groups -OCH3 is 1. The first-order valence-corrected chi connectivity index (χ1v) is 7.89. The molecule has 0 spiro atoms. The van der Waals surface area contributed by atoms with Crippen molar-refractivity contribution >= 4 is 5.91 Å². The van der Waals surface area contributed by atoms with Crippen molar-refractivity contribution in [3.8, 4) is 17.0 Å². The van der Waals surface area contributed by atoms with Crippen molar-refractivity contribution in [2.75, 3.05) is 7.11 Å². The van der Waals surface area contributed by atoms with Gasteiger partial charge in [0.1, 0.15) is 17.4 Å². The first-order valence-electron chi connectivity index (χ1n) is 7.89. The van der Waals surface area contributed by atoms with Crippen LogP contribution in [0.25, 0.3) is 11.3 Å². The number of para-hydroxylation sites is 1. The van der Waals surface area contributed by atoms with E-state index in [9.17, 15) is 13.6 Å². The summed E-state index contributed by atoms with van der Waals surface area (Å²) in [5, 5.41) is 6.84. The second-order valence-electron chi connectivity index (χ2n) is 5.66.